The van der Waals surface area contributed by atoms with E-state index in [9.17, 15) is 14.4 Å². The molecule has 278 valence electrons. The van der Waals surface area contributed by atoms with Crippen molar-refractivity contribution in [3.63, 3.8) is 0 Å². The lowest BCUT2D eigenvalue weighted by Crippen LogP contribution is -2.30. The number of fused-ring (bicyclic) bond motifs is 3. The van der Waals surface area contributed by atoms with Gasteiger partial charge >= 0.3 is 11.9 Å². The highest BCUT2D eigenvalue weighted by Gasteiger charge is 2.29. The first-order chi connectivity index (χ1) is 24.4. The smallest absolute Gasteiger partial charge is 0.338 e. The van der Waals surface area contributed by atoms with Gasteiger partial charge in [0.1, 0.15) is 13.2 Å². The largest absolute Gasteiger partial charge is 0.461 e. The first-order valence-electron chi connectivity index (χ1n) is 20.0. The molecule has 0 amide bonds. The highest BCUT2D eigenvalue weighted by atomic mass is 16.5. The van der Waals surface area contributed by atoms with Crippen LogP contribution >= 0.6 is 0 Å². The molecule has 0 atom stereocenters. The van der Waals surface area contributed by atoms with E-state index in [0.29, 0.717) is 48.6 Å². The Morgan fingerprint density at radius 2 is 0.800 bits per heavy atom. The van der Waals surface area contributed by atoms with Gasteiger partial charge in [-0.1, -0.05) is 117 Å². The Hall–Kier alpha value is -3.03. The monoisotopic (exact) mass is 690 g/mol. The number of benzene rings is 2. The van der Waals surface area contributed by atoms with E-state index in [1.54, 1.807) is 24.3 Å². The second kappa shape index (κ2) is 24.2. The number of rotatable bonds is 28. The normalized spacial score (nSPS) is 12.1. The maximum atomic E-state index is 13.5. The molecule has 0 heterocycles. The molecule has 0 fully saturated rings. The molecule has 0 unspecified atom stereocenters. The van der Waals surface area contributed by atoms with Crippen LogP contribution in [-0.4, -0.2) is 80.0 Å². The van der Waals surface area contributed by atoms with Crippen LogP contribution in [0.25, 0.3) is 11.1 Å². The molecule has 0 bridgehead atoms. The molecule has 0 saturated heterocycles. The van der Waals surface area contributed by atoms with E-state index in [1.807, 2.05) is 12.1 Å². The number of ketones is 1. The van der Waals surface area contributed by atoms with Crippen molar-refractivity contribution >= 4 is 17.7 Å². The van der Waals surface area contributed by atoms with E-state index in [2.05, 4.69) is 37.5 Å². The first kappa shape index (κ1) is 41.4. The van der Waals surface area contributed by atoms with E-state index in [0.717, 1.165) is 37.3 Å². The summed E-state index contributed by atoms with van der Waals surface area (Å²) in [5.41, 5.74) is 3.22. The van der Waals surface area contributed by atoms with Gasteiger partial charge in [-0.3, -0.25) is 14.6 Å². The van der Waals surface area contributed by atoms with Gasteiger partial charge in [0.05, 0.1) is 11.1 Å². The maximum absolute atomic E-state index is 13.5. The molecule has 7 heteroatoms. The Morgan fingerprint density at radius 1 is 0.460 bits per heavy atom. The predicted octanol–water partition coefficient (Wildman–Crippen LogP) is 10.1. The van der Waals surface area contributed by atoms with Crippen LogP contribution in [0, 0.1) is 0 Å². The first-order valence-corrected chi connectivity index (χ1v) is 20.0. The minimum atomic E-state index is -0.414. The summed E-state index contributed by atoms with van der Waals surface area (Å²) < 4.78 is 11.4. The van der Waals surface area contributed by atoms with Gasteiger partial charge in [0.25, 0.3) is 0 Å². The number of carbonyl (C=O) groups excluding carboxylic acids is 3. The summed E-state index contributed by atoms with van der Waals surface area (Å²) in [6, 6.07) is 10.4. The molecule has 0 radical (unpaired) electrons. The molecule has 50 heavy (non-hydrogen) atoms. The SMILES string of the molecule is CCCCCCN(CCCCCC)CCOC(=O)c1ccc2c(c1)C(=O)c1cc(C(=O)OCCN(CCCCCC)CCCCCC)ccc1-2. The van der Waals surface area contributed by atoms with E-state index < -0.39 is 11.9 Å². The van der Waals surface area contributed by atoms with Crippen LogP contribution in [-0.2, 0) is 9.47 Å². The van der Waals surface area contributed by atoms with Gasteiger partial charge in [-0.15, -0.1) is 0 Å². The Morgan fingerprint density at radius 3 is 1.12 bits per heavy atom. The summed E-state index contributed by atoms with van der Waals surface area (Å²) in [4.78, 5) is 44.5. The summed E-state index contributed by atoms with van der Waals surface area (Å²) in [5, 5.41) is 0. The highest BCUT2D eigenvalue weighted by molar-refractivity contribution is 6.22. The summed E-state index contributed by atoms with van der Waals surface area (Å²) in [7, 11) is 0. The van der Waals surface area contributed by atoms with Crippen molar-refractivity contribution in [3.8, 4) is 11.1 Å². The summed E-state index contributed by atoms with van der Waals surface area (Å²) in [6.07, 6.45) is 19.5. The number of hydrogen-bond acceptors (Lipinski definition) is 7. The van der Waals surface area contributed by atoms with Gasteiger partial charge in [-0.05, 0) is 87.3 Å². The van der Waals surface area contributed by atoms with Crippen LogP contribution < -0.4 is 0 Å². The molecule has 1 aliphatic rings. The average molecular weight is 691 g/mol. The summed E-state index contributed by atoms with van der Waals surface area (Å²) >= 11 is 0. The van der Waals surface area contributed by atoms with E-state index in [4.69, 9.17) is 9.47 Å². The Labute approximate surface area is 303 Å². The number of unbranched alkanes of at least 4 members (excludes halogenated alkanes) is 12. The Kier molecular flexibility index (Phi) is 20.0. The summed E-state index contributed by atoms with van der Waals surface area (Å²) in [5.74, 6) is -1.01. The summed E-state index contributed by atoms with van der Waals surface area (Å²) in [6.45, 7) is 15.1. The molecule has 2 aromatic rings. The lowest BCUT2D eigenvalue weighted by Gasteiger charge is -2.22. The third-order valence-corrected chi connectivity index (χ3v) is 9.88. The predicted molar refractivity (Wildman–Crippen MR) is 205 cm³/mol. The Balaban J connectivity index is 1.54. The molecular formula is C43H66N2O5. The second-order valence-corrected chi connectivity index (χ2v) is 14.0. The highest BCUT2D eigenvalue weighted by Crippen LogP contribution is 2.37. The molecule has 1 aliphatic carbocycles. The van der Waals surface area contributed by atoms with Crippen molar-refractivity contribution < 1.29 is 23.9 Å². The van der Waals surface area contributed by atoms with E-state index >= 15 is 0 Å². The number of hydrogen-bond donors (Lipinski definition) is 0. The lowest BCUT2D eigenvalue weighted by molar-refractivity contribution is 0.0451. The minimum Gasteiger partial charge on any atom is -0.461 e. The van der Waals surface area contributed by atoms with Gasteiger partial charge in [-0.2, -0.15) is 0 Å². The molecule has 0 N–H and O–H groups in total. The van der Waals surface area contributed by atoms with Crippen molar-refractivity contribution in [2.75, 3.05) is 52.5 Å². The Bertz CT molecular complexity index is 1190. The molecule has 0 aliphatic heterocycles. The van der Waals surface area contributed by atoms with Crippen LogP contribution in [0.15, 0.2) is 36.4 Å². The molecule has 7 nitrogen and oxygen atoms in total. The van der Waals surface area contributed by atoms with Crippen molar-refractivity contribution in [1.29, 1.82) is 0 Å². The van der Waals surface area contributed by atoms with Crippen LogP contribution in [0.4, 0.5) is 0 Å². The minimum absolute atomic E-state index is 0.185. The number of carbonyl (C=O) groups is 3. The molecule has 0 saturated carbocycles. The van der Waals surface area contributed by atoms with E-state index in [1.165, 1.54) is 103 Å². The van der Waals surface area contributed by atoms with Crippen LogP contribution in [0.1, 0.15) is 167 Å². The van der Waals surface area contributed by atoms with Crippen LogP contribution in [0.5, 0.6) is 0 Å². The van der Waals surface area contributed by atoms with Gasteiger partial charge in [0.2, 0.25) is 0 Å². The third kappa shape index (κ3) is 13.9. The van der Waals surface area contributed by atoms with Gasteiger partial charge in [0.15, 0.2) is 5.78 Å². The average Bonchev–Trinajstić information content (AvgIpc) is 3.41. The standard InChI is InChI=1S/C43H66N2O5/c1-5-9-13-17-25-44(26-18-14-10-6-2)29-31-49-42(47)35-21-23-37-38-24-22-36(34-40(38)41(46)39(37)33-35)43(48)50-32-30-45(27-19-15-11-7-3)28-20-16-12-8-4/h21-24,33-34H,5-20,25-32H2,1-4H3. The van der Waals surface area contributed by atoms with Crippen molar-refractivity contribution in [1.82, 2.24) is 9.80 Å². The number of nitrogens with zero attached hydrogens (tertiary/aromatic N) is 2. The maximum Gasteiger partial charge on any atom is 0.338 e. The van der Waals surface area contributed by atoms with E-state index in [-0.39, 0.29) is 5.78 Å². The van der Waals surface area contributed by atoms with Crippen molar-refractivity contribution in [3.05, 3.63) is 58.7 Å². The molecule has 0 spiro atoms. The zero-order valence-corrected chi connectivity index (χ0v) is 31.9. The fraction of sp³-hybridized carbons (Fsp3) is 0.651. The van der Waals surface area contributed by atoms with Gasteiger partial charge in [-0.25, -0.2) is 9.59 Å². The number of ether oxygens (including phenoxy) is 2. The second-order valence-electron chi connectivity index (χ2n) is 14.0. The fourth-order valence-corrected chi connectivity index (χ4v) is 6.75. The van der Waals surface area contributed by atoms with Gasteiger partial charge < -0.3 is 9.47 Å². The van der Waals surface area contributed by atoms with Crippen LogP contribution in [0.2, 0.25) is 0 Å². The zero-order chi connectivity index (χ0) is 36.0. The van der Waals surface area contributed by atoms with Crippen molar-refractivity contribution in [2.45, 2.75) is 130 Å². The fourth-order valence-electron chi connectivity index (χ4n) is 6.75. The molecule has 2 aromatic carbocycles. The molecular weight excluding hydrogens is 624 g/mol. The van der Waals surface area contributed by atoms with Gasteiger partial charge in [0, 0.05) is 24.2 Å². The lowest BCUT2D eigenvalue weighted by atomic mass is 10.0. The third-order valence-electron chi connectivity index (χ3n) is 9.88. The zero-order valence-electron chi connectivity index (χ0n) is 31.9. The topological polar surface area (TPSA) is 76.1 Å². The quantitative estimate of drug-likeness (QED) is 0.0554. The van der Waals surface area contributed by atoms with Crippen molar-refractivity contribution in [2.24, 2.45) is 0 Å². The number of esters is 2. The van der Waals surface area contributed by atoms with Crippen LogP contribution in [0.3, 0.4) is 0 Å². The molecule has 0 aromatic heterocycles. The molecule has 3 rings (SSSR count).